The van der Waals surface area contributed by atoms with Crippen molar-refractivity contribution in [2.75, 3.05) is 13.1 Å². The van der Waals surface area contributed by atoms with Gasteiger partial charge in [0, 0.05) is 18.4 Å². The Morgan fingerprint density at radius 2 is 1.88 bits per heavy atom. The fourth-order valence-electron chi connectivity index (χ4n) is 5.96. The number of carbonyl (C=O) groups is 1. The van der Waals surface area contributed by atoms with Crippen LogP contribution < -0.4 is 5.32 Å². The van der Waals surface area contributed by atoms with Crippen molar-refractivity contribution in [3.8, 4) is 0 Å². The van der Waals surface area contributed by atoms with E-state index in [9.17, 15) is 4.79 Å². The lowest BCUT2D eigenvalue weighted by Crippen LogP contribution is -2.46. The fourth-order valence-corrected chi connectivity index (χ4v) is 5.96. The molecule has 0 bridgehead atoms. The van der Waals surface area contributed by atoms with Crippen molar-refractivity contribution in [2.24, 2.45) is 5.92 Å². The minimum absolute atomic E-state index is 0.0896. The van der Waals surface area contributed by atoms with Gasteiger partial charge in [0.05, 0.1) is 6.04 Å². The number of nitrogens with zero attached hydrogens (tertiary/aromatic N) is 1. The second-order valence-electron chi connectivity index (χ2n) is 9.14. The first-order valence-corrected chi connectivity index (χ1v) is 10.7. The summed E-state index contributed by atoms with van der Waals surface area (Å²) >= 11 is 0. The summed E-state index contributed by atoms with van der Waals surface area (Å²) in [5.74, 6) is 0.974. The number of piperidine rings is 1. The summed E-state index contributed by atoms with van der Waals surface area (Å²) in [7, 11) is 0. The Labute approximate surface area is 158 Å². The Kier molecular flexibility index (Phi) is 5.09. The summed E-state index contributed by atoms with van der Waals surface area (Å²) in [4.78, 5) is 14.5. The van der Waals surface area contributed by atoms with E-state index in [-0.39, 0.29) is 17.4 Å². The molecular formula is C23H34N2O. The van der Waals surface area contributed by atoms with E-state index >= 15 is 0 Å². The van der Waals surface area contributed by atoms with Crippen molar-refractivity contribution in [3.63, 3.8) is 0 Å². The van der Waals surface area contributed by atoms with E-state index in [0.29, 0.717) is 0 Å². The lowest BCUT2D eigenvalue weighted by atomic mass is 9.73. The second-order valence-corrected chi connectivity index (χ2v) is 9.14. The zero-order valence-electron chi connectivity index (χ0n) is 16.5. The number of rotatable bonds is 2. The van der Waals surface area contributed by atoms with Gasteiger partial charge in [0.15, 0.2) is 0 Å². The number of nitrogens with one attached hydrogen (secondary N) is 1. The van der Waals surface area contributed by atoms with Crippen LogP contribution in [0.25, 0.3) is 0 Å². The molecule has 1 amide bonds. The number of amides is 1. The fraction of sp³-hybridized carbons (Fsp3) is 0.696. The number of fused-ring (bicyclic) bond motifs is 2. The second kappa shape index (κ2) is 7.34. The zero-order valence-corrected chi connectivity index (χ0v) is 16.5. The van der Waals surface area contributed by atoms with Gasteiger partial charge in [-0.3, -0.25) is 4.79 Å². The number of likely N-dealkylation sites (tertiary alicyclic amines) is 1. The normalized spacial score (nSPS) is 31.4. The average molecular weight is 355 g/mol. The van der Waals surface area contributed by atoms with Crippen molar-refractivity contribution in [1.82, 2.24) is 10.2 Å². The first kappa shape index (κ1) is 18.0. The summed E-state index contributed by atoms with van der Waals surface area (Å²) in [6, 6.07) is 9.84. The highest BCUT2D eigenvalue weighted by Crippen LogP contribution is 2.51. The quantitative estimate of drug-likeness (QED) is 0.789. The van der Waals surface area contributed by atoms with E-state index in [0.717, 1.165) is 18.4 Å². The summed E-state index contributed by atoms with van der Waals surface area (Å²) in [6.45, 7) is 6.52. The lowest BCUT2D eigenvalue weighted by molar-refractivity contribution is -0.119. The van der Waals surface area contributed by atoms with Crippen LogP contribution in [0.2, 0.25) is 0 Å². The van der Waals surface area contributed by atoms with Crippen LogP contribution in [-0.2, 0) is 10.2 Å². The third-order valence-corrected chi connectivity index (χ3v) is 7.31. The lowest BCUT2D eigenvalue weighted by Gasteiger charge is -2.43. The van der Waals surface area contributed by atoms with Crippen molar-refractivity contribution in [3.05, 3.63) is 35.4 Å². The van der Waals surface area contributed by atoms with Gasteiger partial charge in [0.2, 0.25) is 5.91 Å². The molecule has 1 aromatic rings. The van der Waals surface area contributed by atoms with E-state index in [1.54, 1.807) is 6.92 Å². The van der Waals surface area contributed by atoms with Crippen LogP contribution in [0.5, 0.6) is 0 Å². The van der Waals surface area contributed by atoms with Crippen molar-refractivity contribution in [1.29, 1.82) is 0 Å². The topological polar surface area (TPSA) is 32.3 Å². The highest BCUT2D eigenvalue weighted by molar-refractivity contribution is 5.73. The zero-order chi connectivity index (χ0) is 18.1. The molecule has 26 heavy (non-hydrogen) atoms. The maximum atomic E-state index is 11.7. The van der Waals surface area contributed by atoms with Gasteiger partial charge in [0.1, 0.15) is 0 Å². The van der Waals surface area contributed by atoms with Crippen LogP contribution in [0.1, 0.15) is 82.4 Å². The Morgan fingerprint density at radius 3 is 2.65 bits per heavy atom. The summed E-state index contributed by atoms with van der Waals surface area (Å²) in [5, 5.41) is 3.21. The smallest absolute Gasteiger partial charge is 0.217 e. The van der Waals surface area contributed by atoms with Gasteiger partial charge in [0.25, 0.3) is 0 Å². The van der Waals surface area contributed by atoms with Gasteiger partial charge in [-0.2, -0.15) is 0 Å². The molecule has 1 saturated heterocycles. The molecule has 2 aliphatic carbocycles. The standard InChI is InChI=1S/C23H34N2O/c1-17-7-3-4-8-19(15-17)25-13-11-23(12-14-25)16-22(24-18(2)26)20-9-5-6-10-21(20)23/h5-6,9-10,17,19,22H,3-4,7-8,11-16H2,1-2H3,(H,24,26)/t17?,19?,22-/m0/s1. The molecule has 3 atom stereocenters. The van der Waals surface area contributed by atoms with Gasteiger partial charge < -0.3 is 10.2 Å². The van der Waals surface area contributed by atoms with Crippen LogP contribution in [0.4, 0.5) is 0 Å². The Bertz CT molecular complexity index is 647. The van der Waals surface area contributed by atoms with Crippen molar-refractivity contribution < 1.29 is 4.79 Å². The Balaban J connectivity index is 1.49. The van der Waals surface area contributed by atoms with Crippen LogP contribution in [-0.4, -0.2) is 29.9 Å². The average Bonchev–Trinajstić information content (AvgIpc) is 2.77. The molecule has 1 aliphatic heterocycles. The molecule has 1 heterocycles. The Morgan fingerprint density at radius 1 is 1.15 bits per heavy atom. The van der Waals surface area contributed by atoms with Crippen molar-refractivity contribution >= 4 is 5.91 Å². The van der Waals surface area contributed by atoms with Gasteiger partial charge in [-0.1, -0.05) is 50.5 Å². The number of carbonyl (C=O) groups excluding carboxylic acids is 1. The molecule has 2 unspecified atom stereocenters. The summed E-state index contributed by atoms with van der Waals surface area (Å²) in [6.07, 6.45) is 10.6. The maximum absolute atomic E-state index is 11.7. The number of hydrogen-bond acceptors (Lipinski definition) is 2. The molecule has 0 radical (unpaired) electrons. The molecule has 0 aromatic heterocycles. The van der Waals surface area contributed by atoms with Crippen LogP contribution in [0, 0.1) is 5.92 Å². The largest absolute Gasteiger partial charge is 0.349 e. The minimum Gasteiger partial charge on any atom is -0.349 e. The van der Waals surface area contributed by atoms with Gasteiger partial charge >= 0.3 is 0 Å². The van der Waals surface area contributed by atoms with Gasteiger partial charge in [-0.15, -0.1) is 0 Å². The van der Waals surface area contributed by atoms with E-state index in [4.69, 9.17) is 0 Å². The van der Waals surface area contributed by atoms with E-state index < -0.39 is 0 Å². The first-order valence-electron chi connectivity index (χ1n) is 10.7. The van der Waals surface area contributed by atoms with Crippen molar-refractivity contribution in [2.45, 2.75) is 82.7 Å². The molecule has 3 nitrogen and oxygen atoms in total. The third-order valence-electron chi connectivity index (χ3n) is 7.31. The van der Waals surface area contributed by atoms with E-state index in [2.05, 4.69) is 41.4 Å². The molecule has 1 saturated carbocycles. The minimum atomic E-state index is 0.0896. The molecule has 1 N–H and O–H groups in total. The molecule has 4 rings (SSSR count). The Hall–Kier alpha value is -1.35. The molecule has 1 aromatic carbocycles. The molecule has 1 spiro atoms. The highest BCUT2D eigenvalue weighted by Gasteiger charge is 2.46. The monoisotopic (exact) mass is 354 g/mol. The molecule has 3 heteroatoms. The van der Waals surface area contributed by atoms with E-state index in [1.165, 1.54) is 69.2 Å². The highest BCUT2D eigenvalue weighted by atomic mass is 16.1. The SMILES string of the molecule is CC(=O)N[C@H]1CC2(CCN(C3CCCCC(C)C3)CC2)c2ccccc21. The predicted molar refractivity (Wildman–Crippen MR) is 106 cm³/mol. The first-order chi connectivity index (χ1) is 12.6. The van der Waals surface area contributed by atoms with Gasteiger partial charge in [-0.25, -0.2) is 0 Å². The van der Waals surface area contributed by atoms with Crippen LogP contribution in [0.3, 0.4) is 0 Å². The third kappa shape index (κ3) is 3.43. The maximum Gasteiger partial charge on any atom is 0.217 e. The van der Waals surface area contributed by atoms with Crippen LogP contribution >= 0.6 is 0 Å². The summed E-state index contributed by atoms with van der Waals surface area (Å²) < 4.78 is 0. The van der Waals surface area contributed by atoms with E-state index in [1.807, 2.05) is 0 Å². The summed E-state index contributed by atoms with van der Waals surface area (Å²) in [5.41, 5.74) is 3.14. The molecule has 142 valence electrons. The van der Waals surface area contributed by atoms with Gasteiger partial charge in [-0.05, 0) is 62.2 Å². The predicted octanol–water partition coefficient (Wildman–Crippen LogP) is 4.57. The molecule has 2 fully saturated rings. The number of benzene rings is 1. The molecule has 3 aliphatic rings. The number of hydrogen-bond donors (Lipinski definition) is 1. The molecular weight excluding hydrogens is 320 g/mol. The van der Waals surface area contributed by atoms with Crippen LogP contribution in [0.15, 0.2) is 24.3 Å².